The highest BCUT2D eigenvalue weighted by Crippen LogP contribution is 2.13. The van der Waals surface area contributed by atoms with Gasteiger partial charge in [0.2, 0.25) is 0 Å². The van der Waals surface area contributed by atoms with E-state index >= 15 is 0 Å². The quantitative estimate of drug-likeness (QED) is 0.444. The molecular formula is C13H24O. The van der Waals surface area contributed by atoms with Crippen molar-refractivity contribution in [1.29, 1.82) is 0 Å². The Hall–Kier alpha value is -0.590. The van der Waals surface area contributed by atoms with Crippen molar-refractivity contribution in [2.24, 2.45) is 11.8 Å². The molecule has 0 aliphatic carbocycles. The molecule has 1 nitrogen and oxygen atoms in total. The zero-order valence-electron chi connectivity index (χ0n) is 10.0. The van der Waals surface area contributed by atoms with Crippen LogP contribution in [0.1, 0.15) is 53.4 Å². The maximum Gasteiger partial charge on any atom is 0.145 e. The first kappa shape index (κ1) is 13.4. The first-order valence-corrected chi connectivity index (χ1v) is 5.74. The third-order valence-electron chi connectivity index (χ3n) is 2.56. The molecule has 0 bridgehead atoms. The third kappa shape index (κ3) is 6.88. The molecule has 0 rings (SSSR count). The molecule has 0 spiro atoms. The molecule has 1 atom stereocenters. The predicted molar refractivity (Wildman–Crippen MR) is 62.3 cm³/mol. The monoisotopic (exact) mass is 196 g/mol. The molecule has 0 aromatic rings. The van der Waals surface area contributed by atoms with E-state index in [1.54, 1.807) is 0 Å². The molecule has 0 radical (unpaired) electrons. The van der Waals surface area contributed by atoms with E-state index in [-0.39, 0.29) is 0 Å². The average molecular weight is 196 g/mol. The molecule has 0 fully saturated rings. The Morgan fingerprint density at radius 1 is 1.29 bits per heavy atom. The van der Waals surface area contributed by atoms with Crippen molar-refractivity contribution in [3.05, 3.63) is 11.6 Å². The van der Waals surface area contributed by atoms with Crippen molar-refractivity contribution in [3.63, 3.8) is 0 Å². The lowest BCUT2D eigenvalue weighted by Gasteiger charge is -2.06. The van der Waals surface area contributed by atoms with Crippen molar-refractivity contribution in [2.75, 3.05) is 0 Å². The molecule has 1 unspecified atom stereocenters. The van der Waals surface area contributed by atoms with Crippen LogP contribution < -0.4 is 0 Å². The molecular weight excluding hydrogens is 172 g/mol. The smallest absolute Gasteiger partial charge is 0.145 e. The minimum absolute atomic E-state index is 0.579. The Balaban J connectivity index is 3.87. The van der Waals surface area contributed by atoms with Gasteiger partial charge in [0, 0.05) is 0 Å². The van der Waals surface area contributed by atoms with E-state index in [0.29, 0.717) is 5.92 Å². The molecule has 0 aliphatic rings. The van der Waals surface area contributed by atoms with Crippen molar-refractivity contribution < 1.29 is 4.79 Å². The van der Waals surface area contributed by atoms with Gasteiger partial charge in [-0.3, -0.25) is 4.79 Å². The summed E-state index contributed by atoms with van der Waals surface area (Å²) < 4.78 is 0. The topological polar surface area (TPSA) is 17.1 Å². The van der Waals surface area contributed by atoms with Gasteiger partial charge in [0.1, 0.15) is 6.29 Å². The summed E-state index contributed by atoms with van der Waals surface area (Å²) in [5, 5.41) is 0. The van der Waals surface area contributed by atoms with Gasteiger partial charge in [-0.1, -0.05) is 40.2 Å². The lowest BCUT2D eigenvalue weighted by molar-refractivity contribution is -0.105. The van der Waals surface area contributed by atoms with Crippen molar-refractivity contribution >= 4 is 6.29 Å². The van der Waals surface area contributed by atoms with Gasteiger partial charge >= 0.3 is 0 Å². The fraction of sp³-hybridized carbons (Fsp3) is 0.769. The van der Waals surface area contributed by atoms with E-state index in [1.807, 2.05) is 0 Å². The summed E-state index contributed by atoms with van der Waals surface area (Å²) in [7, 11) is 0. The fourth-order valence-corrected chi connectivity index (χ4v) is 1.41. The summed E-state index contributed by atoms with van der Waals surface area (Å²) in [4.78, 5) is 10.7. The molecule has 0 aromatic carbocycles. The van der Waals surface area contributed by atoms with Gasteiger partial charge < -0.3 is 0 Å². The van der Waals surface area contributed by atoms with Gasteiger partial charge in [-0.05, 0) is 36.7 Å². The van der Waals surface area contributed by atoms with Crippen LogP contribution in [0.25, 0.3) is 0 Å². The number of rotatable bonds is 7. The average Bonchev–Trinajstić information content (AvgIpc) is 2.15. The number of hydrogen-bond acceptors (Lipinski definition) is 1. The highest BCUT2D eigenvalue weighted by molar-refractivity contribution is 5.72. The Kier molecular flexibility index (Phi) is 7.45. The summed E-state index contributed by atoms with van der Waals surface area (Å²) in [6.07, 6.45) is 7.52. The first-order chi connectivity index (χ1) is 6.60. The van der Waals surface area contributed by atoms with Crippen LogP contribution in [0.4, 0.5) is 0 Å². The van der Waals surface area contributed by atoms with Crippen molar-refractivity contribution in [3.8, 4) is 0 Å². The van der Waals surface area contributed by atoms with Crippen molar-refractivity contribution in [2.45, 2.75) is 53.4 Å². The summed E-state index contributed by atoms with van der Waals surface area (Å²) in [6, 6.07) is 0. The van der Waals surface area contributed by atoms with Crippen molar-refractivity contribution in [1.82, 2.24) is 0 Å². The molecule has 1 heteroatoms. The summed E-state index contributed by atoms with van der Waals surface area (Å²) in [6.45, 7) is 8.76. The second-order valence-corrected chi connectivity index (χ2v) is 4.59. The summed E-state index contributed by atoms with van der Waals surface area (Å²) in [5.41, 5.74) is 0.975. The van der Waals surface area contributed by atoms with Crippen LogP contribution >= 0.6 is 0 Å². The minimum atomic E-state index is 0.579. The molecule has 82 valence electrons. The Labute approximate surface area is 88.6 Å². The standard InChI is InChI=1S/C13H24O/c1-5-12(4)7-6-8-13(10-14)9-11(2)3/h8,10-12H,5-7,9H2,1-4H3. The number of allylic oxidation sites excluding steroid dienone is 2. The third-order valence-corrected chi connectivity index (χ3v) is 2.56. The molecule has 0 heterocycles. The van der Waals surface area contributed by atoms with Gasteiger partial charge in [-0.15, -0.1) is 0 Å². The second-order valence-electron chi connectivity index (χ2n) is 4.59. The lowest BCUT2D eigenvalue weighted by Crippen LogP contribution is -1.95. The molecule has 0 saturated carbocycles. The molecule has 14 heavy (non-hydrogen) atoms. The molecule has 0 amide bonds. The largest absolute Gasteiger partial charge is 0.298 e. The van der Waals surface area contributed by atoms with Gasteiger partial charge in [-0.25, -0.2) is 0 Å². The predicted octanol–water partition coefficient (Wildman–Crippen LogP) is 3.98. The molecule has 0 aliphatic heterocycles. The summed E-state index contributed by atoms with van der Waals surface area (Å²) >= 11 is 0. The number of carbonyl (C=O) groups is 1. The fourth-order valence-electron chi connectivity index (χ4n) is 1.41. The highest BCUT2D eigenvalue weighted by atomic mass is 16.1. The van der Waals surface area contributed by atoms with Crippen LogP contribution in [0.15, 0.2) is 11.6 Å². The van der Waals surface area contributed by atoms with E-state index in [9.17, 15) is 4.79 Å². The Bertz CT molecular complexity index is 180. The normalized spacial score (nSPS) is 14.5. The zero-order chi connectivity index (χ0) is 11.0. The Morgan fingerprint density at radius 2 is 1.93 bits per heavy atom. The van der Waals surface area contributed by atoms with E-state index in [0.717, 1.165) is 30.6 Å². The van der Waals surface area contributed by atoms with E-state index < -0.39 is 0 Å². The van der Waals surface area contributed by atoms with Crippen LogP contribution in [0.3, 0.4) is 0 Å². The summed E-state index contributed by atoms with van der Waals surface area (Å²) in [5.74, 6) is 1.35. The second kappa shape index (κ2) is 7.78. The highest BCUT2D eigenvalue weighted by Gasteiger charge is 2.01. The molecule has 0 aromatic heterocycles. The maximum atomic E-state index is 10.7. The Morgan fingerprint density at radius 3 is 2.36 bits per heavy atom. The number of hydrogen-bond donors (Lipinski definition) is 0. The van der Waals surface area contributed by atoms with Crippen LogP contribution in [0.2, 0.25) is 0 Å². The number of carbonyl (C=O) groups excluding carboxylic acids is 1. The van der Waals surface area contributed by atoms with E-state index in [2.05, 4.69) is 33.8 Å². The first-order valence-electron chi connectivity index (χ1n) is 5.74. The maximum absolute atomic E-state index is 10.7. The van der Waals surface area contributed by atoms with Crippen LogP contribution in [0.5, 0.6) is 0 Å². The molecule has 0 N–H and O–H groups in total. The van der Waals surface area contributed by atoms with E-state index in [4.69, 9.17) is 0 Å². The molecule has 0 saturated heterocycles. The minimum Gasteiger partial charge on any atom is -0.298 e. The van der Waals surface area contributed by atoms with Crippen LogP contribution in [-0.4, -0.2) is 6.29 Å². The van der Waals surface area contributed by atoms with Gasteiger partial charge in [0.25, 0.3) is 0 Å². The van der Waals surface area contributed by atoms with Crippen LogP contribution in [-0.2, 0) is 4.79 Å². The van der Waals surface area contributed by atoms with Gasteiger partial charge in [-0.2, -0.15) is 0 Å². The van der Waals surface area contributed by atoms with Gasteiger partial charge in [0.15, 0.2) is 0 Å². The zero-order valence-corrected chi connectivity index (χ0v) is 10.0. The lowest BCUT2D eigenvalue weighted by atomic mass is 9.99. The van der Waals surface area contributed by atoms with Crippen LogP contribution in [0, 0.1) is 11.8 Å². The SMILES string of the molecule is CCC(C)CCC=C(C=O)CC(C)C. The van der Waals surface area contributed by atoms with Gasteiger partial charge in [0.05, 0.1) is 0 Å². The van der Waals surface area contributed by atoms with E-state index in [1.165, 1.54) is 12.8 Å². The number of aldehydes is 1.